The van der Waals surface area contributed by atoms with E-state index in [1.165, 1.54) is 0 Å². The molecule has 0 radical (unpaired) electrons. The van der Waals surface area contributed by atoms with E-state index in [4.69, 9.17) is 10.5 Å². The number of hydrogen-bond donors (Lipinski definition) is 2. The number of anilines is 2. The first-order chi connectivity index (χ1) is 9.06. The molecular formula is C14H23N3O2. The van der Waals surface area contributed by atoms with Crippen LogP contribution in [0.1, 0.15) is 19.8 Å². The van der Waals surface area contributed by atoms with Crippen molar-refractivity contribution in [2.24, 2.45) is 0 Å². The lowest BCUT2D eigenvalue weighted by molar-refractivity contribution is -0.116. The highest BCUT2D eigenvalue weighted by atomic mass is 16.5. The Kier molecular flexibility index (Phi) is 6.15. The van der Waals surface area contributed by atoms with Crippen molar-refractivity contribution in [3.63, 3.8) is 0 Å². The molecule has 0 saturated carbocycles. The predicted octanol–water partition coefficient (Wildman–Crippen LogP) is 1.95. The van der Waals surface area contributed by atoms with Gasteiger partial charge in [-0.05, 0) is 32.1 Å². The van der Waals surface area contributed by atoms with Crippen LogP contribution in [0.2, 0.25) is 0 Å². The van der Waals surface area contributed by atoms with Crippen LogP contribution in [0.25, 0.3) is 0 Å². The van der Waals surface area contributed by atoms with E-state index < -0.39 is 0 Å². The van der Waals surface area contributed by atoms with Crippen LogP contribution in [-0.4, -0.2) is 38.1 Å². The average molecular weight is 265 g/mol. The Balaban J connectivity index is 2.52. The smallest absolute Gasteiger partial charge is 0.225 e. The highest BCUT2D eigenvalue weighted by Crippen LogP contribution is 2.26. The summed E-state index contributed by atoms with van der Waals surface area (Å²) in [5.41, 5.74) is 6.93. The maximum absolute atomic E-state index is 11.8. The van der Waals surface area contributed by atoms with Gasteiger partial charge in [-0.25, -0.2) is 0 Å². The molecule has 0 aliphatic carbocycles. The molecule has 0 aromatic heterocycles. The SMILES string of the molecule is CCCN(C)CCC(=O)Nc1ccc(N)cc1OC. The van der Waals surface area contributed by atoms with Gasteiger partial charge in [0.25, 0.3) is 0 Å². The Morgan fingerprint density at radius 1 is 1.42 bits per heavy atom. The normalized spacial score (nSPS) is 10.5. The number of benzene rings is 1. The second kappa shape index (κ2) is 7.63. The van der Waals surface area contributed by atoms with Gasteiger partial charge in [-0.2, -0.15) is 0 Å². The Labute approximate surface area is 114 Å². The monoisotopic (exact) mass is 265 g/mol. The highest BCUT2D eigenvalue weighted by Gasteiger charge is 2.08. The van der Waals surface area contributed by atoms with Gasteiger partial charge in [-0.15, -0.1) is 0 Å². The summed E-state index contributed by atoms with van der Waals surface area (Å²) in [6.07, 6.45) is 1.55. The number of carbonyl (C=O) groups excluding carboxylic acids is 1. The van der Waals surface area contributed by atoms with Crippen LogP contribution in [0.5, 0.6) is 5.75 Å². The van der Waals surface area contributed by atoms with Crippen molar-refractivity contribution in [2.75, 3.05) is 38.3 Å². The molecule has 106 valence electrons. The van der Waals surface area contributed by atoms with Gasteiger partial charge < -0.3 is 20.7 Å². The zero-order valence-corrected chi connectivity index (χ0v) is 11.9. The quantitative estimate of drug-likeness (QED) is 0.739. The second-order valence-corrected chi connectivity index (χ2v) is 4.56. The summed E-state index contributed by atoms with van der Waals surface area (Å²) in [5, 5.41) is 2.84. The number of rotatable bonds is 7. The summed E-state index contributed by atoms with van der Waals surface area (Å²) < 4.78 is 5.19. The van der Waals surface area contributed by atoms with Gasteiger partial charge in [0.2, 0.25) is 5.91 Å². The first kappa shape index (κ1) is 15.3. The standard InChI is InChI=1S/C14H23N3O2/c1-4-8-17(2)9-7-14(18)16-12-6-5-11(15)10-13(12)19-3/h5-6,10H,4,7-9,15H2,1-3H3,(H,16,18). The molecule has 0 fully saturated rings. The zero-order valence-electron chi connectivity index (χ0n) is 11.9. The molecule has 0 saturated heterocycles. The number of nitrogens with one attached hydrogen (secondary N) is 1. The molecule has 0 aliphatic heterocycles. The predicted molar refractivity (Wildman–Crippen MR) is 78.4 cm³/mol. The number of ether oxygens (including phenoxy) is 1. The molecule has 1 rings (SSSR count). The minimum atomic E-state index is -0.0222. The molecule has 0 heterocycles. The Morgan fingerprint density at radius 3 is 2.79 bits per heavy atom. The third kappa shape index (κ3) is 5.18. The largest absolute Gasteiger partial charge is 0.494 e. The number of hydrogen-bond acceptors (Lipinski definition) is 4. The van der Waals surface area contributed by atoms with E-state index in [2.05, 4.69) is 17.1 Å². The number of nitrogens with two attached hydrogens (primary N) is 1. The summed E-state index contributed by atoms with van der Waals surface area (Å²) in [5.74, 6) is 0.557. The van der Waals surface area contributed by atoms with Crippen molar-refractivity contribution in [1.82, 2.24) is 4.90 Å². The van der Waals surface area contributed by atoms with Gasteiger partial charge in [0.05, 0.1) is 12.8 Å². The van der Waals surface area contributed by atoms with E-state index in [-0.39, 0.29) is 5.91 Å². The van der Waals surface area contributed by atoms with Crippen LogP contribution < -0.4 is 15.8 Å². The van der Waals surface area contributed by atoms with E-state index in [9.17, 15) is 4.79 Å². The van der Waals surface area contributed by atoms with Gasteiger partial charge in [0, 0.05) is 24.7 Å². The lowest BCUT2D eigenvalue weighted by Crippen LogP contribution is -2.25. The van der Waals surface area contributed by atoms with Crippen LogP contribution in [0.3, 0.4) is 0 Å². The molecule has 3 N–H and O–H groups in total. The fourth-order valence-corrected chi connectivity index (χ4v) is 1.81. The minimum Gasteiger partial charge on any atom is -0.494 e. The summed E-state index contributed by atoms with van der Waals surface area (Å²) in [6, 6.07) is 5.18. The maximum atomic E-state index is 11.8. The third-order valence-corrected chi connectivity index (χ3v) is 2.83. The van der Waals surface area contributed by atoms with Gasteiger partial charge in [0.15, 0.2) is 0 Å². The molecule has 1 aromatic carbocycles. The number of amides is 1. The van der Waals surface area contributed by atoms with Crippen molar-refractivity contribution in [1.29, 1.82) is 0 Å². The fourth-order valence-electron chi connectivity index (χ4n) is 1.81. The third-order valence-electron chi connectivity index (χ3n) is 2.83. The molecule has 0 unspecified atom stereocenters. The van der Waals surface area contributed by atoms with Crippen LogP contribution in [0, 0.1) is 0 Å². The Bertz CT molecular complexity index is 421. The topological polar surface area (TPSA) is 67.6 Å². The number of carbonyl (C=O) groups is 1. The number of nitrogen functional groups attached to an aromatic ring is 1. The Hall–Kier alpha value is -1.75. The van der Waals surface area contributed by atoms with E-state index in [0.29, 0.717) is 23.5 Å². The average Bonchev–Trinajstić information content (AvgIpc) is 2.39. The molecule has 0 atom stereocenters. The van der Waals surface area contributed by atoms with E-state index >= 15 is 0 Å². The highest BCUT2D eigenvalue weighted by molar-refractivity contribution is 5.92. The molecule has 1 amide bonds. The van der Waals surface area contributed by atoms with Crippen LogP contribution in [0.15, 0.2) is 18.2 Å². The molecule has 19 heavy (non-hydrogen) atoms. The summed E-state index contributed by atoms with van der Waals surface area (Å²) in [4.78, 5) is 14.0. The van der Waals surface area contributed by atoms with Crippen LogP contribution in [-0.2, 0) is 4.79 Å². The summed E-state index contributed by atoms with van der Waals surface area (Å²) >= 11 is 0. The lowest BCUT2D eigenvalue weighted by atomic mass is 10.2. The van der Waals surface area contributed by atoms with Gasteiger partial charge in [-0.3, -0.25) is 4.79 Å². The lowest BCUT2D eigenvalue weighted by Gasteiger charge is -2.15. The first-order valence-electron chi connectivity index (χ1n) is 6.48. The molecule has 0 bridgehead atoms. The number of nitrogens with zero attached hydrogens (tertiary/aromatic N) is 1. The minimum absolute atomic E-state index is 0.0222. The molecule has 5 nitrogen and oxygen atoms in total. The van der Waals surface area contributed by atoms with E-state index in [1.807, 2.05) is 7.05 Å². The van der Waals surface area contributed by atoms with E-state index in [1.54, 1.807) is 25.3 Å². The summed E-state index contributed by atoms with van der Waals surface area (Å²) in [7, 11) is 3.57. The van der Waals surface area contributed by atoms with Crippen molar-refractivity contribution >= 4 is 17.3 Å². The molecule has 0 aliphatic rings. The maximum Gasteiger partial charge on any atom is 0.225 e. The second-order valence-electron chi connectivity index (χ2n) is 4.56. The van der Waals surface area contributed by atoms with Gasteiger partial charge >= 0.3 is 0 Å². The molecule has 1 aromatic rings. The molecule has 5 heteroatoms. The molecular weight excluding hydrogens is 242 g/mol. The van der Waals surface area contributed by atoms with Crippen LogP contribution >= 0.6 is 0 Å². The van der Waals surface area contributed by atoms with Gasteiger partial charge in [0.1, 0.15) is 5.75 Å². The summed E-state index contributed by atoms with van der Waals surface area (Å²) in [6.45, 7) is 3.87. The fraction of sp³-hybridized carbons (Fsp3) is 0.500. The van der Waals surface area contributed by atoms with Crippen molar-refractivity contribution in [2.45, 2.75) is 19.8 Å². The van der Waals surface area contributed by atoms with Crippen LogP contribution in [0.4, 0.5) is 11.4 Å². The Morgan fingerprint density at radius 2 is 2.16 bits per heavy atom. The van der Waals surface area contributed by atoms with E-state index in [0.717, 1.165) is 19.5 Å². The van der Waals surface area contributed by atoms with Crippen molar-refractivity contribution in [3.05, 3.63) is 18.2 Å². The number of methoxy groups -OCH3 is 1. The first-order valence-corrected chi connectivity index (χ1v) is 6.48. The van der Waals surface area contributed by atoms with Crippen molar-refractivity contribution < 1.29 is 9.53 Å². The van der Waals surface area contributed by atoms with Gasteiger partial charge in [-0.1, -0.05) is 6.92 Å². The van der Waals surface area contributed by atoms with Crippen molar-refractivity contribution in [3.8, 4) is 5.75 Å². The zero-order chi connectivity index (χ0) is 14.3. The molecule has 0 spiro atoms.